The van der Waals surface area contributed by atoms with Gasteiger partial charge in [0, 0.05) is 6.07 Å². The van der Waals surface area contributed by atoms with Crippen LogP contribution in [0, 0.1) is 45.9 Å². The number of nitrogens with zero attached hydrogens (tertiary/aromatic N) is 2. The van der Waals surface area contributed by atoms with Gasteiger partial charge in [0.1, 0.15) is 11.5 Å². The Morgan fingerprint density at radius 1 is 0.607 bits per heavy atom. The van der Waals surface area contributed by atoms with Crippen molar-refractivity contribution in [1.82, 2.24) is 0 Å². The van der Waals surface area contributed by atoms with Gasteiger partial charge in [0.25, 0.3) is 0 Å². The molecule has 3 rings (SSSR count). The highest BCUT2D eigenvalue weighted by Crippen LogP contribution is 2.33. The van der Waals surface area contributed by atoms with Gasteiger partial charge in [-0.05, 0) is 36.4 Å². The van der Waals surface area contributed by atoms with Crippen molar-refractivity contribution in [3.8, 4) is 35.1 Å². The Morgan fingerprint density at radius 3 is 1.29 bits per heavy atom. The molecule has 0 aromatic heterocycles. The van der Waals surface area contributed by atoms with E-state index in [1.54, 1.807) is 12.1 Å². The van der Waals surface area contributed by atoms with Crippen molar-refractivity contribution in [1.29, 1.82) is 10.5 Å². The van der Waals surface area contributed by atoms with Gasteiger partial charge in [0.05, 0.1) is 23.3 Å². The summed E-state index contributed by atoms with van der Waals surface area (Å²) < 4.78 is 66.0. The molecule has 28 heavy (non-hydrogen) atoms. The lowest BCUT2D eigenvalue weighted by Crippen LogP contribution is -1.96. The topological polar surface area (TPSA) is 66.0 Å². The van der Waals surface area contributed by atoms with E-state index < -0.39 is 34.8 Å². The number of rotatable bonds is 4. The molecule has 0 aliphatic carbocycles. The summed E-state index contributed by atoms with van der Waals surface area (Å²) in [6, 6.07) is 11.7. The van der Waals surface area contributed by atoms with E-state index in [4.69, 9.17) is 20.0 Å². The van der Waals surface area contributed by atoms with Crippen molar-refractivity contribution in [2.75, 3.05) is 0 Å². The van der Waals surface area contributed by atoms with Crippen LogP contribution in [0.1, 0.15) is 11.1 Å². The van der Waals surface area contributed by atoms with Crippen LogP contribution < -0.4 is 9.47 Å². The van der Waals surface area contributed by atoms with Gasteiger partial charge in [-0.25, -0.2) is 17.6 Å². The molecule has 0 amide bonds. The lowest BCUT2D eigenvalue weighted by atomic mass is 10.2. The highest BCUT2D eigenvalue weighted by atomic mass is 19.1. The summed E-state index contributed by atoms with van der Waals surface area (Å²) in [5.74, 6) is -6.00. The number of benzene rings is 3. The Labute approximate surface area is 156 Å². The van der Waals surface area contributed by atoms with Gasteiger partial charge in [0.2, 0.25) is 0 Å². The largest absolute Gasteiger partial charge is 0.451 e. The Hall–Kier alpha value is -4.04. The molecule has 0 saturated carbocycles. The highest BCUT2D eigenvalue weighted by molar-refractivity contribution is 5.44. The molecule has 0 aliphatic heterocycles. The number of hydrogen-bond acceptors (Lipinski definition) is 4. The van der Waals surface area contributed by atoms with Crippen molar-refractivity contribution in [2.45, 2.75) is 0 Å². The standard InChI is InChI=1S/C20H8F4N2O2/c21-15-4-11(9-25)5-16(22)19(15)27-13-2-1-3-14(8-13)28-20-17(23)6-12(10-26)7-18(20)24/h1-8H. The third-order valence-electron chi connectivity index (χ3n) is 3.50. The van der Waals surface area contributed by atoms with Gasteiger partial charge >= 0.3 is 0 Å². The number of hydrogen-bond donors (Lipinski definition) is 0. The summed E-state index contributed by atoms with van der Waals surface area (Å²) in [7, 11) is 0. The third-order valence-corrected chi connectivity index (χ3v) is 3.50. The molecule has 0 saturated heterocycles. The van der Waals surface area contributed by atoms with Crippen molar-refractivity contribution in [2.24, 2.45) is 0 Å². The summed E-state index contributed by atoms with van der Waals surface area (Å²) in [5, 5.41) is 17.4. The van der Waals surface area contributed by atoms with Crippen LogP contribution in [0.5, 0.6) is 23.0 Å². The van der Waals surface area contributed by atoms with Crippen LogP contribution >= 0.6 is 0 Å². The normalized spacial score (nSPS) is 10.1. The molecular weight excluding hydrogens is 376 g/mol. The van der Waals surface area contributed by atoms with Crippen LogP contribution in [0.25, 0.3) is 0 Å². The first-order valence-electron chi connectivity index (χ1n) is 7.65. The smallest absolute Gasteiger partial charge is 0.198 e. The maximum Gasteiger partial charge on any atom is 0.198 e. The van der Waals surface area contributed by atoms with E-state index in [2.05, 4.69) is 0 Å². The van der Waals surface area contributed by atoms with Crippen molar-refractivity contribution >= 4 is 0 Å². The average Bonchev–Trinajstić information content (AvgIpc) is 2.67. The number of nitriles is 2. The minimum Gasteiger partial charge on any atom is -0.451 e. The molecule has 4 nitrogen and oxygen atoms in total. The fraction of sp³-hybridized carbons (Fsp3) is 0. The van der Waals surface area contributed by atoms with Gasteiger partial charge in [-0.2, -0.15) is 10.5 Å². The lowest BCUT2D eigenvalue weighted by molar-refractivity contribution is 0.393. The van der Waals surface area contributed by atoms with Gasteiger partial charge in [-0.15, -0.1) is 0 Å². The van der Waals surface area contributed by atoms with Crippen molar-refractivity contribution < 1.29 is 27.0 Å². The Morgan fingerprint density at radius 2 is 0.964 bits per heavy atom. The molecule has 0 spiro atoms. The van der Waals surface area contributed by atoms with Gasteiger partial charge in [-0.1, -0.05) is 6.07 Å². The molecule has 0 N–H and O–H groups in total. The van der Waals surface area contributed by atoms with Crippen LogP contribution in [0.4, 0.5) is 17.6 Å². The van der Waals surface area contributed by atoms with E-state index >= 15 is 0 Å². The van der Waals surface area contributed by atoms with Gasteiger partial charge in [0.15, 0.2) is 34.8 Å². The molecule has 0 aliphatic rings. The van der Waals surface area contributed by atoms with Gasteiger partial charge in [-0.3, -0.25) is 0 Å². The molecule has 138 valence electrons. The second kappa shape index (κ2) is 7.68. The van der Waals surface area contributed by atoms with E-state index in [1.807, 2.05) is 0 Å². The summed E-state index contributed by atoms with van der Waals surface area (Å²) in [4.78, 5) is 0. The van der Waals surface area contributed by atoms with E-state index in [0.717, 1.165) is 30.3 Å². The molecular formula is C20H8F4N2O2. The summed E-state index contributed by atoms with van der Waals surface area (Å²) in [6.07, 6.45) is 0. The van der Waals surface area contributed by atoms with Gasteiger partial charge < -0.3 is 9.47 Å². The first-order valence-corrected chi connectivity index (χ1v) is 7.65. The SMILES string of the molecule is N#Cc1cc(F)c(Oc2cccc(Oc3c(F)cc(C#N)cc3F)c2)c(F)c1. The number of ether oxygens (including phenoxy) is 2. The zero-order valence-corrected chi connectivity index (χ0v) is 13.8. The van der Waals surface area contributed by atoms with Crippen molar-refractivity contribution in [3.05, 3.63) is 82.9 Å². The second-order valence-electron chi connectivity index (χ2n) is 5.44. The Bertz CT molecular complexity index is 1020. The molecule has 0 fully saturated rings. The minimum absolute atomic E-state index is 0.0746. The molecule has 0 bridgehead atoms. The number of halogens is 4. The summed E-state index contributed by atoms with van der Waals surface area (Å²) in [6.45, 7) is 0. The van der Waals surface area contributed by atoms with Crippen LogP contribution in [0.2, 0.25) is 0 Å². The van der Waals surface area contributed by atoms with E-state index in [1.165, 1.54) is 18.2 Å². The first kappa shape index (κ1) is 18.7. The predicted molar refractivity (Wildman–Crippen MR) is 88.7 cm³/mol. The molecule has 0 unspecified atom stereocenters. The van der Waals surface area contributed by atoms with Crippen molar-refractivity contribution in [3.63, 3.8) is 0 Å². The molecule has 0 atom stereocenters. The van der Waals surface area contributed by atoms with Crippen LogP contribution in [-0.2, 0) is 0 Å². The fourth-order valence-corrected chi connectivity index (χ4v) is 2.28. The first-order chi connectivity index (χ1) is 13.4. The molecule has 0 heterocycles. The van der Waals surface area contributed by atoms with Crippen LogP contribution in [-0.4, -0.2) is 0 Å². The highest BCUT2D eigenvalue weighted by Gasteiger charge is 2.16. The van der Waals surface area contributed by atoms with Crippen LogP contribution in [0.15, 0.2) is 48.5 Å². The van der Waals surface area contributed by atoms with Crippen LogP contribution in [0.3, 0.4) is 0 Å². The average molecular weight is 384 g/mol. The summed E-state index contributed by atoms with van der Waals surface area (Å²) in [5.41, 5.74) is -0.433. The quantitative estimate of drug-likeness (QED) is 0.552. The maximum atomic E-state index is 13.9. The fourth-order valence-electron chi connectivity index (χ4n) is 2.28. The Kier molecular flexibility index (Phi) is 5.14. The monoisotopic (exact) mass is 384 g/mol. The zero-order valence-electron chi connectivity index (χ0n) is 13.8. The lowest BCUT2D eigenvalue weighted by Gasteiger charge is -2.11. The second-order valence-corrected chi connectivity index (χ2v) is 5.44. The molecule has 0 radical (unpaired) electrons. The molecule has 3 aromatic carbocycles. The van der Waals surface area contributed by atoms with E-state index in [9.17, 15) is 17.6 Å². The Balaban J connectivity index is 1.89. The zero-order chi connectivity index (χ0) is 20.3. The summed E-state index contributed by atoms with van der Waals surface area (Å²) >= 11 is 0. The predicted octanol–water partition coefficient (Wildman–Crippen LogP) is 5.57. The third kappa shape index (κ3) is 3.87. The van der Waals surface area contributed by atoms with E-state index in [0.29, 0.717) is 0 Å². The van der Waals surface area contributed by atoms with E-state index in [-0.39, 0.29) is 22.6 Å². The maximum absolute atomic E-state index is 13.9. The minimum atomic E-state index is -1.09. The molecule has 8 heteroatoms. The molecule has 3 aromatic rings.